The maximum absolute atomic E-state index is 13.4. The zero-order chi connectivity index (χ0) is 24.4. The lowest BCUT2D eigenvalue weighted by molar-refractivity contribution is 0.0985. The summed E-state index contributed by atoms with van der Waals surface area (Å²) in [5.41, 5.74) is 3.91. The highest BCUT2D eigenvalue weighted by Gasteiger charge is 2.38. The zero-order valence-electron chi connectivity index (χ0n) is 19.2. The minimum Gasteiger partial charge on any atom is -0.378 e. The number of pyridine rings is 1. The molecule has 2 aliphatic rings. The van der Waals surface area contributed by atoms with E-state index in [0.29, 0.717) is 28.2 Å². The molecular weight excluding hydrogens is 501 g/mol. The molecule has 0 spiro atoms. The number of benzene rings is 2. The van der Waals surface area contributed by atoms with Crippen LogP contribution >= 0.6 is 34.8 Å². The van der Waals surface area contributed by atoms with Crippen LogP contribution < -0.4 is 4.90 Å². The van der Waals surface area contributed by atoms with Crippen LogP contribution in [-0.4, -0.2) is 35.4 Å². The number of carbonyl (C=O) groups excluding carboxylic acids is 1. The van der Waals surface area contributed by atoms with E-state index in [0.717, 1.165) is 43.1 Å². The standard InChI is InChI=1S/C28H26Cl3N3O/c29-22-5-3-19(4-6-22)2-1-13-33-14-10-20(11-15-33)25-18-34(26-8-7-23(30)17-24(25)26)28(35)21-9-12-32-27(31)16-21/h1,3-9,12-13,16-17,20,25H,2,10-11,14-15,18H2. The third kappa shape index (κ3) is 5.50. The molecular formula is C28H26Cl3N3O. The van der Waals surface area contributed by atoms with Crippen LogP contribution in [0.4, 0.5) is 5.69 Å². The molecule has 1 saturated heterocycles. The van der Waals surface area contributed by atoms with Crippen molar-refractivity contribution in [3.8, 4) is 0 Å². The van der Waals surface area contributed by atoms with Gasteiger partial charge in [-0.1, -0.05) is 53.0 Å². The Balaban J connectivity index is 1.25. The third-order valence-corrected chi connectivity index (χ3v) is 7.70. The summed E-state index contributed by atoms with van der Waals surface area (Å²) in [7, 11) is 0. The first-order valence-corrected chi connectivity index (χ1v) is 13.0. The molecule has 0 aliphatic carbocycles. The maximum Gasteiger partial charge on any atom is 0.258 e. The van der Waals surface area contributed by atoms with Gasteiger partial charge in [-0.15, -0.1) is 0 Å². The van der Waals surface area contributed by atoms with Crippen molar-refractivity contribution in [2.24, 2.45) is 5.92 Å². The lowest BCUT2D eigenvalue weighted by atomic mass is 9.81. The van der Waals surface area contributed by atoms with Crippen LogP contribution in [0.5, 0.6) is 0 Å². The van der Waals surface area contributed by atoms with E-state index < -0.39 is 0 Å². The van der Waals surface area contributed by atoms with Gasteiger partial charge >= 0.3 is 0 Å². The molecule has 1 unspecified atom stereocenters. The summed E-state index contributed by atoms with van der Waals surface area (Å²) in [5.74, 6) is 0.708. The summed E-state index contributed by atoms with van der Waals surface area (Å²) in [6.45, 7) is 2.66. The Morgan fingerprint density at radius 1 is 0.971 bits per heavy atom. The molecule has 3 heterocycles. The highest BCUT2D eigenvalue weighted by molar-refractivity contribution is 6.31. The van der Waals surface area contributed by atoms with Crippen LogP contribution in [0, 0.1) is 5.92 Å². The van der Waals surface area contributed by atoms with E-state index in [4.69, 9.17) is 34.8 Å². The van der Waals surface area contributed by atoms with Crippen molar-refractivity contribution < 1.29 is 4.79 Å². The van der Waals surface area contributed by atoms with Gasteiger partial charge in [0.25, 0.3) is 5.91 Å². The molecule has 0 radical (unpaired) electrons. The van der Waals surface area contributed by atoms with E-state index in [1.54, 1.807) is 18.3 Å². The highest BCUT2D eigenvalue weighted by atomic mass is 35.5. The van der Waals surface area contributed by atoms with Gasteiger partial charge in [0.1, 0.15) is 5.15 Å². The van der Waals surface area contributed by atoms with Gasteiger partial charge < -0.3 is 9.80 Å². The van der Waals surface area contributed by atoms with Crippen molar-refractivity contribution in [3.63, 3.8) is 0 Å². The highest BCUT2D eigenvalue weighted by Crippen LogP contribution is 2.45. The van der Waals surface area contributed by atoms with Crippen molar-refractivity contribution in [3.05, 3.63) is 105 Å². The number of anilines is 1. The Labute approximate surface area is 221 Å². The summed E-state index contributed by atoms with van der Waals surface area (Å²) in [5, 5.41) is 1.79. The number of hydrogen-bond donors (Lipinski definition) is 0. The number of amides is 1. The average Bonchev–Trinajstić information content (AvgIpc) is 3.24. The Bertz CT molecular complexity index is 1240. The van der Waals surface area contributed by atoms with Crippen LogP contribution in [0.15, 0.2) is 73.1 Å². The number of carbonyl (C=O) groups is 1. The van der Waals surface area contributed by atoms with Crippen molar-refractivity contribution in [1.82, 2.24) is 9.88 Å². The second-order valence-electron chi connectivity index (χ2n) is 9.18. The molecule has 180 valence electrons. The molecule has 3 aromatic rings. The quantitative estimate of drug-likeness (QED) is 0.328. The van der Waals surface area contributed by atoms with E-state index in [1.807, 2.05) is 35.2 Å². The monoisotopic (exact) mass is 525 g/mol. The number of nitrogens with zero attached hydrogens (tertiary/aromatic N) is 3. The third-order valence-electron chi connectivity index (χ3n) is 7.00. The molecule has 2 aromatic carbocycles. The van der Waals surface area contributed by atoms with Gasteiger partial charge in [0.2, 0.25) is 0 Å². The fraction of sp³-hybridized carbons (Fsp3) is 0.286. The van der Waals surface area contributed by atoms with Gasteiger partial charge in [0.15, 0.2) is 0 Å². The SMILES string of the molecule is O=C(c1ccnc(Cl)c1)N1CC(C2CCN(C=CCc3ccc(Cl)cc3)CC2)c2cc(Cl)ccc21. The molecule has 1 atom stereocenters. The molecule has 0 bridgehead atoms. The molecule has 0 saturated carbocycles. The number of piperidine rings is 1. The normalized spacial score (nSPS) is 18.3. The summed E-state index contributed by atoms with van der Waals surface area (Å²) < 4.78 is 0. The molecule has 1 amide bonds. The van der Waals surface area contributed by atoms with Crippen LogP contribution in [0.1, 0.15) is 40.2 Å². The first kappa shape index (κ1) is 24.2. The number of fused-ring (bicyclic) bond motifs is 1. The first-order chi connectivity index (χ1) is 17.0. The predicted molar refractivity (Wildman–Crippen MR) is 144 cm³/mol. The van der Waals surface area contributed by atoms with E-state index >= 15 is 0 Å². The largest absolute Gasteiger partial charge is 0.378 e. The van der Waals surface area contributed by atoms with E-state index in [-0.39, 0.29) is 11.8 Å². The van der Waals surface area contributed by atoms with E-state index in [1.165, 1.54) is 11.1 Å². The summed E-state index contributed by atoms with van der Waals surface area (Å²) in [4.78, 5) is 21.6. The second kappa shape index (κ2) is 10.6. The molecule has 35 heavy (non-hydrogen) atoms. The molecule has 0 N–H and O–H groups in total. The Kier molecular flexibility index (Phi) is 7.33. The van der Waals surface area contributed by atoms with Gasteiger partial charge in [0, 0.05) is 53.0 Å². The predicted octanol–water partition coefficient (Wildman–Crippen LogP) is 7.25. The Morgan fingerprint density at radius 3 is 2.46 bits per heavy atom. The van der Waals surface area contributed by atoms with Crippen LogP contribution in [0.3, 0.4) is 0 Å². The Morgan fingerprint density at radius 2 is 1.71 bits per heavy atom. The maximum atomic E-state index is 13.4. The van der Waals surface area contributed by atoms with E-state index in [2.05, 4.69) is 34.3 Å². The number of halogens is 3. The average molecular weight is 527 g/mol. The van der Waals surface area contributed by atoms with Crippen LogP contribution in [-0.2, 0) is 6.42 Å². The lowest BCUT2D eigenvalue weighted by Crippen LogP contribution is -2.35. The van der Waals surface area contributed by atoms with Gasteiger partial charge in [-0.25, -0.2) is 4.98 Å². The van der Waals surface area contributed by atoms with Crippen molar-refractivity contribution in [2.45, 2.75) is 25.2 Å². The second-order valence-corrected chi connectivity index (χ2v) is 10.4. The Hall–Kier alpha value is -2.53. The molecule has 2 aliphatic heterocycles. The number of rotatable bonds is 5. The number of likely N-dealkylation sites (tertiary alicyclic amines) is 1. The summed E-state index contributed by atoms with van der Waals surface area (Å²) >= 11 is 18.4. The van der Waals surface area contributed by atoms with Crippen LogP contribution in [0.2, 0.25) is 15.2 Å². The topological polar surface area (TPSA) is 36.4 Å². The summed E-state index contributed by atoms with van der Waals surface area (Å²) in [6, 6.07) is 17.2. The zero-order valence-corrected chi connectivity index (χ0v) is 21.5. The van der Waals surface area contributed by atoms with E-state index in [9.17, 15) is 4.79 Å². The number of allylic oxidation sites excluding steroid dienone is 1. The van der Waals surface area contributed by atoms with Gasteiger partial charge in [0.05, 0.1) is 0 Å². The van der Waals surface area contributed by atoms with Crippen LogP contribution in [0.25, 0.3) is 0 Å². The van der Waals surface area contributed by atoms with Crippen molar-refractivity contribution in [2.75, 3.05) is 24.5 Å². The smallest absolute Gasteiger partial charge is 0.258 e. The van der Waals surface area contributed by atoms with Gasteiger partial charge in [-0.05, 0) is 85.0 Å². The summed E-state index contributed by atoms with van der Waals surface area (Å²) in [6.07, 6.45) is 9.04. The van der Waals surface area contributed by atoms with Crippen molar-refractivity contribution in [1.29, 1.82) is 0 Å². The number of hydrogen-bond acceptors (Lipinski definition) is 3. The minimum absolute atomic E-state index is 0.0528. The number of aromatic nitrogens is 1. The molecule has 7 heteroatoms. The lowest BCUT2D eigenvalue weighted by Gasteiger charge is -2.34. The fourth-order valence-electron chi connectivity index (χ4n) is 5.18. The van der Waals surface area contributed by atoms with Crippen molar-refractivity contribution >= 4 is 46.4 Å². The van der Waals surface area contributed by atoms with Gasteiger partial charge in [-0.2, -0.15) is 0 Å². The molecule has 4 nitrogen and oxygen atoms in total. The fourth-order valence-corrected chi connectivity index (χ4v) is 5.66. The van der Waals surface area contributed by atoms with Gasteiger partial charge in [-0.3, -0.25) is 4.79 Å². The molecule has 1 fully saturated rings. The molecule has 1 aromatic heterocycles. The first-order valence-electron chi connectivity index (χ1n) is 11.9. The molecule has 5 rings (SSSR count). The minimum atomic E-state index is -0.0528.